The molecule has 0 saturated carbocycles. The molecule has 1 fully saturated rings. The molecule has 0 atom stereocenters. The van der Waals surface area contributed by atoms with Crippen LogP contribution in [0.3, 0.4) is 0 Å². The SMILES string of the molecule is Fc1ccc2c(CN3CCCC3)coc2c1. The predicted octanol–water partition coefficient (Wildman–Crippen LogP) is 3.17. The maximum absolute atomic E-state index is 13.0. The normalized spacial score (nSPS) is 17.3. The molecule has 0 amide bonds. The van der Waals surface area contributed by atoms with Crippen LogP contribution in [0.5, 0.6) is 0 Å². The smallest absolute Gasteiger partial charge is 0.137 e. The number of furan rings is 1. The zero-order chi connectivity index (χ0) is 11.0. The highest BCUT2D eigenvalue weighted by atomic mass is 19.1. The Kier molecular flexibility index (Phi) is 2.40. The average Bonchev–Trinajstić information content (AvgIpc) is 2.89. The first-order chi connectivity index (χ1) is 7.83. The van der Waals surface area contributed by atoms with Gasteiger partial charge in [0.2, 0.25) is 0 Å². The molecule has 0 radical (unpaired) electrons. The molecule has 0 unspecified atom stereocenters. The number of nitrogens with zero attached hydrogens (tertiary/aromatic N) is 1. The lowest BCUT2D eigenvalue weighted by atomic mass is 10.1. The minimum atomic E-state index is -0.241. The number of benzene rings is 1. The summed E-state index contributed by atoms with van der Waals surface area (Å²) in [5.74, 6) is -0.241. The van der Waals surface area contributed by atoms with Crippen LogP contribution in [0.15, 0.2) is 28.9 Å². The molecule has 0 bridgehead atoms. The fourth-order valence-electron chi connectivity index (χ4n) is 2.36. The monoisotopic (exact) mass is 219 g/mol. The van der Waals surface area contributed by atoms with Crippen molar-refractivity contribution in [2.45, 2.75) is 19.4 Å². The maximum Gasteiger partial charge on any atom is 0.137 e. The summed E-state index contributed by atoms with van der Waals surface area (Å²) in [5.41, 5.74) is 1.81. The number of hydrogen-bond acceptors (Lipinski definition) is 2. The van der Waals surface area contributed by atoms with Crippen molar-refractivity contribution in [3.63, 3.8) is 0 Å². The third-order valence-corrected chi connectivity index (χ3v) is 3.21. The van der Waals surface area contributed by atoms with Gasteiger partial charge in [-0.1, -0.05) is 0 Å². The Morgan fingerprint density at radius 3 is 2.88 bits per heavy atom. The van der Waals surface area contributed by atoms with E-state index < -0.39 is 0 Å². The van der Waals surface area contributed by atoms with Crippen LogP contribution in [-0.2, 0) is 6.54 Å². The molecule has 3 rings (SSSR count). The fourth-order valence-corrected chi connectivity index (χ4v) is 2.36. The summed E-state index contributed by atoms with van der Waals surface area (Å²) in [6, 6.07) is 4.74. The molecule has 2 aromatic rings. The quantitative estimate of drug-likeness (QED) is 0.771. The summed E-state index contributed by atoms with van der Waals surface area (Å²) in [6.07, 6.45) is 4.32. The van der Waals surface area contributed by atoms with E-state index in [2.05, 4.69) is 4.90 Å². The second-order valence-electron chi connectivity index (χ2n) is 4.38. The predicted molar refractivity (Wildman–Crippen MR) is 60.7 cm³/mol. The maximum atomic E-state index is 13.0. The van der Waals surface area contributed by atoms with E-state index in [0.717, 1.165) is 30.6 Å². The van der Waals surface area contributed by atoms with Crippen LogP contribution in [-0.4, -0.2) is 18.0 Å². The third-order valence-electron chi connectivity index (χ3n) is 3.21. The molecule has 2 heterocycles. The van der Waals surface area contributed by atoms with Crippen molar-refractivity contribution < 1.29 is 8.81 Å². The lowest BCUT2D eigenvalue weighted by Crippen LogP contribution is -2.17. The van der Waals surface area contributed by atoms with E-state index in [-0.39, 0.29) is 5.82 Å². The summed E-state index contributed by atoms with van der Waals surface area (Å²) in [7, 11) is 0. The summed E-state index contributed by atoms with van der Waals surface area (Å²) in [5, 5.41) is 1.04. The van der Waals surface area contributed by atoms with Crippen molar-refractivity contribution in [1.82, 2.24) is 4.90 Å². The van der Waals surface area contributed by atoms with E-state index in [4.69, 9.17) is 4.42 Å². The van der Waals surface area contributed by atoms with Crippen molar-refractivity contribution in [3.8, 4) is 0 Å². The highest BCUT2D eigenvalue weighted by Gasteiger charge is 2.14. The molecule has 1 aliphatic heterocycles. The average molecular weight is 219 g/mol. The van der Waals surface area contributed by atoms with Crippen LogP contribution in [0.1, 0.15) is 18.4 Å². The minimum Gasteiger partial charge on any atom is -0.464 e. The molecular weight excluding hydrogens is 205 g/mol. The topological polar surface area (TPSA) is 16.4 Å². The standard InChI is InChI=1S/C13H14FNO/c14-11-3-4-12-10(9-16-13(12)7-11)8-15-5-1-2-6-15/h3-4,7,9H,1-2,5-6,8H2. The zero-order valence-corrected chi connectivity index (χ0v) is 9.08. The van der Waals surface area contributed by atoms with E-state index in [0.29, 0.717) is 5.58 Å². The van der Waals surface area contributed by atoms with Crippen LogP contribution >= 0.6 is 0 Å². The van der Waals surface area contributed by atoms with Crippen LogP contribution in [0.4, 0.5) is 4.39 Å². The number of rotatable bonds is 2. The molecule has 1 aliphatic rings. The van der Waals surface area contributed by atoms with E-state index in [9.17, 15) is 4.39 Å². The first kappa shape index (κ1) is 9.85. The van der Waals surface area contributed by atoms with E-state index >= 15 is 0 Å². The van der Waals surface area contributed by atoms with Crippen LogP contribution in [0, 0.1) is 5.82 Å². The van der Waals surface area contributed by atoms with E-state index in [1.807, 2.05) is 0 Å². The van der Waals surface area contributed by atoms with Crippen molar-refractivity contribution in [2.75, 3.05) is 13.1 Å². The molecule has 1 aromatic heterocycles. The van der Waals surface area contributed by atoms with Crippen molar-refractivity contribution in [2.24, 2.45) is 0 Å². The second kappa shape index (κ2) is 3.91. The minimum absolute atomic E-state index is 0.241. The lowest BCUT2D eigenvalue weighted by Gasteiger charge is -2.12. The van der Waals surface area contributed by atoms with Gasteiger partial charge in [0.25, 0.3) is 0 Å². The zero-order valence-electron chi connectivity index (χ0n) is 9.08. The largest absolute Gasteiger partial charge is 0.464 e. The summed E-state index contributed by atoms with van der Waals surface area (Å²) < 4.78 is 18.4. The number of fused-ring (bicyclic) bond motifs is 1. The molecule has 2 nitrogen and oxygen atoms in total. The van der Waals surface area contributed by atoms with Crippen LogP contribution in [0.25, 0.3) is 11.0 Å². The Labute approximate surface area is 93.7 Å². The van der Waals surface area contributed by atoms with Gasteiger partial charge >= 0.3 is 0 Å². The molecule has 3 heteroatoms. The lowest BCUT2D eigenvalue weighted by molar-refractivity contribution is 0.331. The van der Waals surface area contributed by atoms with E-state index in [1.54, 1.807) is 12.3 Å². The third kappa shape index (κ3) is 1.71. The van der Waals surface area contributed by atoms with Crippen molar-refractivity contribution in [1.29, 1.82) is 0 Å². The molecule has 16 heavy (non-hydrogen) atoms. The Hall–Kier alpha value is -1.35. The molecular formula is C13H14FNO. The van der Waals surface area contributed by atoms with Gasteiger partial charge in [-0.05, 0) is 38.1 Å². The van der Waals surface area contributed by atoms with Crippen LogP contribution < -0.4 is 0 Å². The van der Waals surface area contributed by atoms with Gasteiger partial charge < -0.3 is 4.42 Å². The van der Waals surface area contributed by atoms with E-state index in [1.165, 1.54) is 25.0 Å². The Morgan fingerprint density at radius 1 is 1.25 bits per heavy atom. The number of hydrogen-bond donors (Lipinski definition) is 0. The van der Waals surface area contributed by atoms with Gasteiger partial charge in [0, 0.05) is 23.6 Å². The first-order valence-corrected chi connectivity index (χ1v) is 5.71. The van der Waals surface area contributed by atoms with Gasteiger partial charge in [-0.2, -0.15) is 0 Å². The summed E-state index contributed by atoms with van der Waals surface area (Å²) >= 11 is 0. The molecule has 0 N–H and O–H groups in total. The second-order valence-corrected chi connectivity index (χ2v) is 4.38. The molecule has 1 saturated heterocycles. The van der Waals surface area contributed by atoms with Gasteiger partial charge in [-0.25, -0.2) is 4.39 Å². The molecule has 0 aliphatic carbocycles. The van der Waals surface area contributed by atoms with Crippen molar-refractivity contribution >= 4 is 11.0 Å². The van der Waals surface area contributed by atoms with Crippen LogP contribution in [0.2, 0.25) is 0 Å². The summed E-state index contributed by atoms with van der Waals surface area (Å²) in [6.45, 7) is 3.24. The van der Waals surface area contributed by atoms with Crippen molar-refractivity contribution in [3.05, 3.63) is 35.8 Å². The number of likely N-dealkylation sites (tertiary alicyclic amines) is 1. The number of halogens is 1. The molecule has 1 aromatic carbocycles. The van der Waals surface area contributed by atoms with Gasteiger partial charge in [0.15, 0.2) is 0 Å². The Balaban J connectivity index is 1.91. The van der Waals surface area contributed by atoms with Gasteiger partial charge in [0.05, 0.1) is 6.26 Å². The van der Waals surface area contributed by atoms with Gasteiger partial charge in [-0.3, -0.25) is 4.90 Å². The molecule has 84 valence electrons. The fraction of sp³-hybridized carbons (Fsp3) is 0.385. The summed E-state index contributed by atoms with van der Waals surface area (Å²) in [4.78, 5) is 2.41. The highest BCUT2D eigenvalue weighted by molar-refractivity contribution is 5.80. The molecule has 0 spiro atoms. The Morgan fingerprint density at radius 2 is 2.06 bits per heavy atom. The highest BCUT2D eigenvalue weighted by Crippen LogP contribution is 2.24. The first-order valence-electron chi connectivity index (χ1n) is 5.71. The van der Waals surface area contributed by atoms with Gasteiger partial charge in [0.1, 0.15) is 11.4 Å². The van der Waals surface area contributed by atoms with Gasteiger partial charge in [-0.15, -0.1) is 0 Å². The Bertz CT molecular complexity index is 500.